The van der Waals surface area contributed by atoms with E-state index in [1.165, 1.54) is 5.56 Å². The number of benzene rings is 2. The Bertz CT molecular complexity index is 982. The zero-order valence-corrected chi connectivity index (χ0v) is 17.8. The van der Waals surface area contributed by atoms with E-state index in [4.69, 9.17) is 4.74 Å². The van der Waals surface area contributed by atoms with E-state index in [1.54, 1.807) is 4.68 Å². The Morgan fingerprint density at radius 2 is 1.83 bits per heavy atom. The summed E-state index contributed by atoms with van der Waals surface area (Å²) < 4.78 is 7.68. The van der Waals surface area contributed by atoms with Gasteiger partial charge in [0.25, 0.3) is 5.91 Å². The zero-order chi connectivity index (χ0) is 21.0. The number of hydrogen-bond acceptors (Lipinski definition) is 3. The van der Waals surface area contributed by atoms with Crippen molar-refractivity contribution in [3.05, 3.63) is 82.7 Å². The van der Waals surface area contributed by atoms with Gasteiger partial charge in [0.2, 0.25) is 0 Å². The van der Waals surface area contributed by atoms with E-state index >= 15 is 0 Å². The summed E-state index contributed by atoms with van der Waals surface area (Å²) in [4.78, 5) is 12.5. The number of aromatic nitrogens is 2. The lowest BCUT2D eigenvalue weighted by Gasteiger charge is -2.19. The van der Waals surface area contributed by atoms with Gasteiger partial charge in [-0.25, -0.2) is 0 Å². The summed E-state index contributed by atoms with van der Waals surface area (Å²) in [7, 11) is 1.88. The third-order valence-corrected chi connectivity index (χ3v) is 4.84. The fourth-order valence-electron chi connectivity index (χ4n) is 3.12. The number of nitrogens with one attached hydrogen (secondary N) is 1. The van der Waals surface area contributed by atoms with Gasteiger partial charge in [0.15, 0.2) is 0 Å². The molecule has 29 heavy (non-hydrogen) atoms. The van der Waals surface area contributed by atoms with Crippen molar-refractivity contribution in [3.63, 3.8) is 0 Å². The van der Waals surface area contributed by atoms with E-state index in [-0.39, 0.29) is 11.3 Å². The van der Waals surface area contributed by atoms with Gasteiger partial charge in [-0.1, -0.05) is 45.0 Å². The van der Waals surface area contributed by atoms with Gasteiger partial charge in [-0.05, 0) is 53.8 Å². The number of ether oxygens (including phenoxy) is 1. The molecule has 0 aliphatic carbocycles. The summed E-state index contributed by atoms with van der Waals surface area (Å²) in [6, 6.07) is 17.7. The van der Waals surface area contributed by atoms with Crippen LogP contribution < -0.4 is 10.1 Å². The number of nitrogens with zero attached hydrogens (tertiary/aromatic N) is 2. The minimum atomic E-state index is -0.111. The lowest BCUT2D eigenvalue weighted by molar-refractivity contribution is 0.0950. The molecule has 1 heterocycles. The maximum Gasteiger partial charge on any atom is 0.251 e. The van der Waals surface area contributed by atoms with Crippen molar-refractivity contribution < 1.29 is 9.53 Å². The minimum absolute atomic E-state index is 0.111. The second kappa shape index (κ2) is 8.52. The average Bonchev–Trinajstić information content (AvgIpc) is 3.01. The van der Waals surface area contributed by atoms with Crippen molar-refractivity contribution in [2.45, 2.75) is 46.3 Å². The van der Waals surface area contributed by atoms with Crippen LogP contribution in [0.4, 0.5) is 0 Å². The molecule has 3 rings (SSSR count). The van der Waals surface area contributed by atoms with Crippen molar-refractivity contribution in [1.29, 1.82) is 0 Å². The monoisotopic (exact) mass is 391 g/mol. The molecule has 0 aliphatic rings. The molecule has 0 saturated carbocycles. The molecule has 0 unspecified atom stereocenters. The summed E-state index contributed by atoms with van der Waals surface area (Å²) in [6.07, 6.45) is 0. The lowest BCUT2D eigenvalue weighted by atomic mass is 9.87. The van der Waals surface area contributed by atoms with E-state index < -0.39 is 0 Å². The smallest absolute Gasteiger partial charge is 0.251 e. The first-order valence-corrected chi connectivity index (χ1v) is 9.82. The van der Waals surface area contributed by atoms with Crippen LogP contribution in [0.1, 0.15) is 53.6 Å². The van der Waals surface area contributed by atoms with Crippen LogP contribution in [-0.2, 0) is 25.6 Å². The Kier molecular flexibility index (Phi) is 6.06. The number of carbonyl (C=O) groups excluding carboxylic acids is 1. The first-order valence-electron chi connectivity index (χ1n) is 9.82. The predicted molar refractivity (Wildman–Crippen MR) is 115 cm³/mol. The molecule has 0 atom stereocenters. The highest BCUT2D eigenvalue weighted by Gasteiger charge is 2.13. The van der Waals surface area contributed by atoms with E-state index in [1.807, 2.05) is 56.4 Å². The maximum absolute atomic E-state index is 12.5. The van der Waals surface area contributed by atoms with Gasteiger partial charge in [0.1, 0.15) is 12.4 Å². The van der Waals surface area contributed by atoms with Gasteiger partial charge in [0.05, 0.1) is 17.9 Å². The van der Waals surface area contributed by atoms with Crippen molar-refractivity contribution in [2.24, 2.45) is 7.05 Å². The summed E-state index contributed by atoms with van der Waals surface area (Å²) in [5, 5.41) is 7.25. The van der Waals surface area contributed by atoms with Crippen LogP contribution in [0, 0.1) is 6.92 Å². The van der Waals surface area contributed by atoms with Gasteiger partial charge < -0.3 is 10.1 Å². The molecule has 152 valence electrons. The molecule has 5 nitrogen and oxygen atoms in total. The fraction of sp³-hybridized carbons (Fsp3) is 0.333. The van der Waals surface area contributed by atoms with E-state index in [0.29, 0.717) is 18.7 Å². The van der Waals surface area contributed by atoms with Crippen molar-refractivity contribution in [1.82, 2.24) is 15.1 Å². The molecule has 2 aromatic carbocycles. The van der Waals surface area contributed by atoms with Gasteiger partial charge in [-0.2, -0.15) is 5.10 Å². The number of hydrogen-bond donors (Lipinski definition) is 1. The SMILES string of the molecule is Cc1cc(CNC(=O)c2cccc(COc3ccc(C(C)(C)C)cc3)c2)n(C)n1. The largest absolute Gasteiger partial charge is 0.489 e. The predicted octanol–water partition coefficient (Wildman–Crippen LogP) is 4.54. The standard InChI is InChI=1S/C24H29N3O2/c1-17-13-21(27(5)26-17)15-25-23(28)19-8-6-7-18(14-19)16-29-22-11-9-20(10-12-22)24(2,3)4/h6-14H,15-16H2,1-5H3,(H,25,28). The van der Waals surface area contributed by atoms with Crippen LogP contribution in [0.25, 0.3) is 0 Å². The molecule has 0 aliphatic heterocycles. The van der Waals surface area contributed by atoms with E-state index in [2.05, 4.69) is 43.3 Å². The molecule has 5 heteroatoms. The van der Waals surface area contributed by atoms with Crippen molar-refractivity contribution in [3.8, 4) is 5.75 Å². The number of aryl methyl sites for hydroxylation is 2. The number of amides is 1. The molecule has 1 aromatic heterocycles. The fourth-order valence-corrected chi connectivity index (χ4v) is 3.12. The lowest BCUT2D eigenvalue weighted by Crippen LogP contribution is -2.24. The average molecular weight is 392 g/mol. The summed E-state index contributed by atoms with van der Waals surface area (Å²) in [5.74, 6) is 0.708. The molecular formula is C24H29N3O2. The van der Waals surface area contributed by atoms with Crippen LogP contribution in [0.15, 0.2) is 54.6 Å². The Labute approximate surface area is 172 Å². The van der Waals surface area contributed by atoms with Gasteiger partial charge in [-0.15, -0.1) is 0 Å². The van der Waals surface area contributed by atoms with Crippen LogP contribution in [0.5, 0.6) is 5.75 Å². The third kappa shape index (κ3) is 5.47. The van der Waals surface area contributed by atoms with E-state index in [0.717, 1.165) is 22.7 Å². The van der Waals surface area contributed by atoms with Gasteiger partial charge in [-0.3, -0.25) is 9.48 Å². The second-order valence-electron chi connectivity index (χ2n) is 8.35. The zero-order valence-electron chi connectivity index (χ0n) is 17.8. The van der Waals surface area contributed by atoms with Crippen molar-refractivity contribution >= 4 is 5.91 Å². The molecule has 1 amide bonds. The normalized spacial score (nSPS) is 11.3. The topological polar surface area (TPSA) is 56.1 Å². The minimum Gasteiger partial charge on any atom is -0.489 e. The maximum atomic E-state index is 12.5. The van der Waals surface area contributed by atoms with Crippen LogP contribution in [-0.4, -0.2) is 15.7 Å². The van der Waals surface area contributed by atoms with Crippen LogP contribution in [0.2, 0.25) is 0 Å². The number of rotatable bonds is 6. The summed E-state index contributed by atoms with van der Waals surface area (Å²) in [6.45, 7) is 9.36. The van der Waals surface area contributed by atoms with Crippen LogP contribution in [0.3, 0.4) is 0 Å². The van der Waals surface area contributed by atoms with E-state index in [9.17, 15) is 4.79 Å². The highest BCUT2D eigenvalue weighted by molar-refractivity contribution is 5.94. The Morgan fingerprint density at radius 1 is 1.10 bits per heavy atom. The molecule has 0 radical (unpaired) electrons. The quantitative estimate of drug-likeness (QED) is 0.671. The molecule has 0 spiro atoms. The van der Waals surface area contributed by atoms with Crippen LogP contribution >= 0.6 is 0 Å². The van der Waals surface area contributed by atoms with Crippen molar-refractivity contribution in [2.75, 3.05) is 0 Å². The third-order valence-electron chi connectivity index (χ3n) is 4.84. The molecule has 0 saturated heterocycles. The van der Waals surface area contributed by atoms with Gasteiger partial charge >= 0.3 is 0 Å². The first-order chi connectivity index (χ1) is 13.7. The Morgan fingerprint density at radius 3 is 2.45 bits per heavy atom. The molecule has 1 N–H and O–H groups in total. The Hall–Kier alpha value is -3.08. The number of carbonyl (C=O) groups is 1. The first kappa shape index (κ1) is 20.6. The summed E-state index contributed by atoms with van der Waals surface area (Å²) in [5.41, 5.74) is 4.86. The summed E-state index contributed by atoms with van der Waals surface area (Å²) >= 11 is 0. The molecular weight excluding hydrogens is 362 g/mol. The molecule has 3 aromatic rings. The van der Waals surface area contributed by atoms with Gasteiger partial charge in [0, 0.05) is 12.6 Å². The molecule has 0 bridgehead atoms. The highest BCUT2D eigenvalue weighted by Crippen LogP contribution is 2.24. The second-order valence-corrected chi connectivity index (χ2v) is 8.35. The Balaban J connectivity index is 1.59. The molecule has 0 fully saturated rings. The highest BCUT2D eigenvalue weighted by atomic mass is 16.5.